The van der Waals surface area contributed by atoms with Gasteiger partial charge in [-0.2, -0.15) is 0 Å². The van der Waals surface area contributed by atoms with Gasteiger partial charge >= 0.3 is 0 Å². The first kappa shape index (κ1) is 18.8. The van der Waals surface area contributed by atoms with Gasteiger partial charge in [-0.1, -0.05) is 0 Å². The number of fused-ring (bicyclic) bond motifs is 3. The van der Waals surface area contributed by atoms with Crippen LogP contribution in [0.1, 0.15) is 54.9 Å². The number of aliphatic hydroxyl groups is 1. The fraction of sp³-hybridized carbons (Fsp3) is 0.682. The fourth-order valence-electron chi connectivity index (χ4n) is 5.32. The molecule has 6 heteroatoms. The monoisotopic (exact) mass is 402 g/mol. The van der Waals surface area contributed by atoms with E-state index in [4.69, 9.17) is 9.47 Å². The van der Waals surface area contributed by atoms with Crippen molar-refractivity contribution in [2.24, 2.45) is 0 Å². The quantitative estimate of drug-likeness (QED) is 0.826. The average Bonchev–Trinajstić information content (AvgIpc) is 3.30. The lowest BCUT2D eigenvalue weighted by Crippen LogP contribution is -2.46. The minimum absolute atomic E-state index is 0.253. The molecule has 0 unspecified atom stereocenters. The summed E-state index contributed by atoms with van der Waals surface area (Å²) < 4.78 is 12.1. The van der Waals surface area contributed by atoms with Crippen molar-refractivity contribution in [1.29, 1.82) is 0 Å². The third-order valence-electron chi connectivity index (χ3n) is 6.77. The van der Waals surface area contributed by atoms with Gasteiger partial charge < -0.3 is 14.6 Å². The van der Waals surface area contributed by atoms with Gasteiger partial charge in [-0.3, -0.25) is 4.90 Å². The summed E-state index contributed by atoms with van der Waals surface area (Å²) >= 11 is 1.82. The molecule has 0 spiro atoms. The van der Waals surface area contributed by atoms with Crippen LogP contribution in [-0.2, 0) is 11.2 Å². The second-order valence-corrected chi connectivity index (χ2v) is 9.46. The molecule has 3 aliphatic rings. The van der Waals surface area contributed by atoms with E-state index in [1.165, 1.54) is 28.7 Å². The van der Waals surface area contributed by atoms with Crippen LogP contribution < -0.4 is 4.74 Å². The Morgan fingerprint density at radius 3 is 2.79 bits per heavy atom. The molecule has 5 rings (SSSR count). The number of nitrogens with zero attached hydrogens (tertiary/aromatic N) is 2. The normalized spacial score (nSPS) is 28.5. The van der Waals surface area contributed by atoms with Gasteiger partial charge in [-0.05, 0) is 62.5 Å². The Morgan fingerprint density at radius 2 is 2.00 bits per heavy atom. The summed E-state index contributed by atoms with van der Waals surface area (Å²) in [6.45, 7) is 4.17. The Balaban J connectivity index is 1.31. The van der Waals surface area contributed by atoms with Crippen molar-refractivity contribution in [3.05, 3.63) is 22.7 Å². The van der Waals surface area contributed by atoms with E-state index in [1.54, 1.807) is 0 Å². The number of aryl methyl sites for hydroxylation is 1. The molecule has 0 aromatic carbocycles. The number of pyridine rings is 1. The SMILES string of the molecule is OCC[C@H]1CCc2sc3nccc(O[C@H]4CC[C@H](N5CCOCC5)CC4)c3c21. The third-order valence-corrected chi connectivity index (χ3v) is 7.95. The summed E-state index contributed by atoms with van der Waals surface area (Å²) in [6, 6.07) is 2.75. The standard InChI is InChI=1S/C22H30N2O3S/c25-12-8-15-1-6-19-20(15)21-18(7-9-23-22(21)28-19)27-17-4-2-16(3-5-17)24-10-13-26-14-11-24/h7,9,15-17,25H,1-6,8,10-14H2/t15-,16-,17-/m1/s1. The minimum Gasteiger partial charge on any atom is -0.490 e. The smallest absolute Gasteiger partial charge is 0.131 e. The minimum atomic E-state index is 0.253. The number of hydrogen-bond acceptors (Lipinski definition) is 6. The second kappa shape index (κ2) is 8.27. The van der Waals surface area contributed by atoms with Gasteiger partial charge in [0, 0.05) is 36.8 Å². The topological polar surface area (TPSA) is 54.8 Å². The number of morpholine rings is 1. The molecule has 0 amide bonds. The average molecular weight is 403 g/mol. The second-order valence-electron chi connectivity index (χ2n) is 8.37. The zero-order chi connectivity index (χ0) is 18.9. The van der Waals surface area contributed by atoms with Crippen LogP contribution >= 0.6 is 11.3 Å². The number of aromatic nitrogens is 1. The molecule has 1 saturated carbocycles. The highest BCUT2D eigenvalue weighted by molar-refractivity contribution is 7.19. The van der Waals surface area contributed by atoms with Crippen molar-refractivity contribution < 1.29 is 14.6 Å². The zero-order valence-corrected chi connectivity index (χ0v) is 17.3. The summed E-state index contributed by atoms with van der Waals surface area (Å²) in [6.07, 6.45) is 9.98. The summed E-state index contributed by atoms with van der Waals surface area (Å²) in [5.41, 5.74) is 1.42. The summed E-state index contributed by atoms with van der Waals surface area (Å²) in [5.74, 6) is 1.47. The van der Waals surface area contributed by atoms with Crippen molar-refractivity contribution in [2.75, 3.05) is 32.9 Å². The number of rotatable bonds is 5. The van der Waals surface area contributed by atoms with Crippen molar-refractivity contribution in [2.45, 2.75) is 63.0 Å². The molecule has 1 N–H and O–H groups in total. The molecular weight excluding hydrogens is 372 g/mol. The van der Waals surface area contributed by atoms with E-state index in [1.807, 2.05) is 17.5 Å². The highest BCUT2D eigenvalue weighted by Gasteiger charge is 2.31. The predicted octanol–water partition coefficient (Wildman–Crippen LogP) is 3.73. The Bertz CT molecular complexity index is 809. The summed E-state index contributed by atoms with van der Waals surface area (Å²) in [4.78, 5) is 9.79. The molecule has 1 saturated heterocycles. The van der Waals surface area contributed by atoms with E-state index < -0.39 is 0 Å². The van der Waals surface area contributed by atoms with Crippen molar-refractivity contribution in [1.82, 2.24) is 9.88 Å². The first-order valence-electron chi connectivity index (χ1n) is 10.8. The van der Waals surface area contributed by atoms with Crippen LogP contribution in [0, 0.1) is 0 Å². The maximum Gasteiger partial charge on any atom is 0.131 e. The van der Waals surface area contributed by atoms with Gasteiger partial charge in [0.05, 0.1) is 24.7 Å². The zero-order valence-electron chi connectivity index (χ0n) is 16.4. The van der Waals surface area contributed by atoms with E-state index in [2.05, 4.69) is 16.0 Å². The molecule has 1 atom stereocenters. The van der Waals surface area contributed by atoms with Crippen LogP contribution in [-0.4, -0.2) is 60.0 Å². The highest BCUT2D eigenvalue weighted by Crippen LogP contribution is 2.47. The lowest BCUT2D eigenvalue weighted by molar-refractivity contribution is -0.000919. The molecule has 0 radical (unpaired) electrons. The lowest BCUT2D eigenvalue weighted by Gasteiger charge is -2.38. The highest BCUT2D eigenvalue weighted by atomic mass is 32.1. The maximum atomic E-state index is 9.47. The van der Waals surface area contributed by atoms with Gasteiger partial charge in [-0.25, -0.2) is 4.98 Å². The molecule has 3 heterocycles. The lowest BCUT2D eigenvalue weighted by atomic mass is 9.91. The van der Waals surface area contributed by atoms with Crippen LogP contribution in [0.2, 0.25) is 0 Å². The summed E-state index contributed by atoms with van der Waals surface area (Å²) in [7, 11) is 0. The first-order valence-corrected chi connectivity index (χ1v) is 11.6. The summed E-state index contributed by atoms with van der Waals surface area (Å²) in [5, 5.41) is 10.7. The Hall–Kier alpha value is -1.21. The molecule has 0 bridgehead atoms. The van der Waals surface area contributed by atoms with Gasteiger partial charge in [0.1, 0.15) is 10.6 Å². The molecule has 2 aromatic heterocycles. The predicted molar refractivity (Wildman–Crippen MR) is 111 cm³/mol. The van der Waals surface area contributed by atoms with Crippen LogP contribution in [0.5, 0.6) is 5.75 Å². The Kier molecular flexibility index (Phi) is 5.55. The molecule has 152 valence electrons. The third kappa shape index (κ3) is 3.56. The van der Waals surface area contributed by atoms with Crippen molar-refractivity contribution in [3.63, 3.8) is 0 Å². The van der Waals surface area contributed by atoms with E-state index in [0.717, 1.165) is 69.0 Å². The van der Waals surface area contributed by atoms with Crippen LogP contribution in [0.3, 0.4) is 0 Å². The number of hydrogen-bond donors (Lipinski definition) is 1. The fourth-order valence-corrected chi connectivity index (χ4v) is 6.58. The van der Waals surface area contributed by atoms with Gasteiger partial charge in [0.25, 0.3) is 0 Å². The Morgan fingerprint density at radius 1 is 1.18 bits per heavy atom. The molecule has 2 aliphatic carbocycles. The Labute approximate surface area is 170 Å². The van der Waals surface area contributed by atoms with E-state index in [0.29, 0.717) is 18.1 Å². The van der Waals surface area contributed by atoms with E-state index >= 15 is 0 Å². The van der Waals surface area contributed by atoms with Gasteiger partial charge in [0.2, 0.25) is 0 Å². The number of ether oxygens (including phenoxy) is 2. The number of aliphatic hydroxyl groups excluding tert-OH is 1. The maximum absolute atomic E-state index is 9.47. The number of thiophene rings is 1. The largest absolute Gasteiger partial charge is 0.490 e. The molecule has 28 heavy (non-hydrogen) atoms. The van der Waals surface area contributed by atoms with E-state index in [-0.39, 0.29) is 6.61 Å². The van der Waals surface area contributed by atoms with Crippen molar-refractivity contribution in [3.8, 4) is 5.75 Å². The molecule has 2 aromatic rings. The first-order chi connectivity index (χ1) is 13.8. The molecular formula is C22H30N2O3S. The van der Waals surface area contributed by atoms with Gasteiger partial charge in [0.15, 0.2) is 0 Å². The van der Waals surface area contributed by atoms with E-state index in [9.17, 15) is 5.11 Å². The molecule has 1 aliphatic heterocycles. The van der Waals surface area contributed by atoms with Crippen LogP contribution in [0.15, 0.2) is 12.3 Å². The van der Waals surface area contributed by atoms with Crippen LogP contribution in [0.4, 0.5) is 0 Å². The molecule has 2 fully saturated rings. The van der Waals surface area contributed by atoms with Crippen molar-refractivity contribution >= 4 is 21.6 Å². The van der Waals surface area contributed by atoms with Gasteiger partial charge in [-0.15, -0.1) is 11.3 Å². The molecule has 5 nitrogen and oxygen atoms in total. The van der Waals surface area contributed by atoms with Crippen LogP contribution in [0.25, 0.3) is 10.2 Å².